The molecule has 0 fully saturated rings. The first-order valence-corrected chi connectivity index (χ1v) is 5.43. The Balaban J connectivity index is 0.000000423. The third-order valence-corrected chi connectivity index (χ3v) is 1.98. The van der Waals surface area contributed by atoms with Gasteiger partial charge in [-0.2, -0.15) is 0 Å². The SMILES string of the molecule is CC(C)N.COc1ccc(OC)c(Br)c1. The van der Waals surface area contributed by atoms with Crippen LogP contribution in [-0.4, -0.2) is 20.3 Å². The number of hydrogen-bond acceptors (Lipinski definition) is 3. The van der Waals surface area contributed by atoms with Gasteiger partial charge >= 0.3 is 0 Å². The van der Waals surface area contributed by atoms with E-state index >= 15 is 0 Å². The van der Waals surface area contributed by atoms with Crippen molar-refractivity contribution in [2.45, 2.75) is 19.9 Å². The minimum atomic E-state index is 0.333. The van der Waals surface area contributed by atoms with Crippen LogP contribution in [0, 0.1) is 0 Å². The summed E-state index contributed by atoms with van der Waals surface area (Å²) in [7, 11) is 3.26. The van der Waals surface area contributed by atoms with Crippen LogP contribution in [0.1, 0.15) is 13.8 Å². The first-order valence-electron chi connectivity index (χ1n) is 4.64. The summed E-state index contributed by atoms with van der Waals surface area (Å²) in [4.78, 5) is 0. The molecule has 0 aliphatic carbocycles. The molecule has 0 aliphatic heterocycles. The van der Waals surface area contributed by atoms with Crippen LogP contribution in [-0.2, 0) is 0 Å². The van der Waals surface area contributed by atoms with Gasteiger partial charge in [0.05, 0.1) is 18.7 Å². The summed E-state index contributed by atoms with van der Waals surface area (Å²) in [5, 5.41) is 0. The van der Waals surface area contributed by atoms with Crippen molar-refractivity contribution in [2.75, 3.05) is 14.2 Å². The Hall–Kier alpha value is -0.740. The highest BCUT2D eigenvalue weighted by Crippen LogP contribution is 2.28. The third kappa shape index (κ3) is 6.36. The van der Waals surface area contributed by atoms with Crippen molar-refractivity contribution in [3.05, 3.63) is 22.7 Å². The Morgan fingerprint density at radius 1 is 1.20 bits per heavy atom. The number of benzene rings is 1. The maximum absolute atomic E-state index is 5.11. The van der Waals surface area contributed by atoms with Crippen molar-refractivity contribution >= 4 is 15.9 Å². The van der Waals surface area contributed by atoms with E-state index in [4.69, 9.17) is 15.2 Å². The van der Waals surface area contributed by atoms with E-state index in [1.807, 2.05) is 32.0 Å². The van der Waals surface area contributed by atoms with Gasteiger partial charge in [0.2, 0.25) is 0 Å². The zero-order valence-electron chi connectivity index (χ0n) is 9.58. The lowest BCUT2D eigenvalue weighted by Crippen LogP contribution is -2.06. The van der Waals surface area contributed by atoms with Crippen LogP contribution < -0.4 is 15.2 Å². The Labute approximate surface area is 99.7 Å². The van der Waals surface area contributed by atoms with Gasteiger partial charge in [0.15, 0.2) is 0 Å². The standard InChI is InChI=1S/C8H9BrO2.C3H9N/c1-10-6-3-4-8(11-2)7(9)5-6;1-3(2)4/h3-5H,1-2H3;3H,4H2,1-2H3. The van der Waals surface area contributed by atoms with Crippen LogP contribution in [0.5, 0.6) is 11.5 Å². The molecule has 4 heteroatoms. The number of hydrogen-bond donors (Lipinski definition) is 1. The lowest BCUT2D eigenvalue weighted by molar-refractivity contribution is 0.401. The van der Waals surface area contributed by atoms with Crippen molar-refractivity contribution in [3.63, 3.8) is 0 Å². The second-order valence-electron chi connectivity index (χ2n) is 3.24. The molecule has 0 saturated heterocycles. The molecule has 15 heavy (non-hydrogen) atoms. The van der Waals surface area contributed by atoms with Gasteiger partial charge in [-0.1, -0.05) is 13.8 Å². The van der Waals surface area contributed by atoms with Crippen LogP contribution in [0.4, 0.5) is 0 Å². The van der Waals surface area contributed by atoms with E-state index < -0.39 is 0 Å². The normalized spacial score (nSPS) is 9.27. The predicted octanol–water partition coefficient (Wildman–Crippen LogP) is 2.82. The van der Waals surface area contributed by atoms with Gasteiger partial charge < -0.3 is 15.2 Å². The molecule has 0 spiro atoms. The molecule has 86 valence electrons. The third-order valence-electron chi connectivity index (χ3n) is 1.36. The summed E-state index contributed by atoms with van der Waals surface area (Å²) in [5.74, 6) is 1.63. The molecule has 0 saturated carbocycles. The van der Waals surface area contributed by atoms with E-state index in [1.165, 1.54) is 0 Å². The molecule has 0 aliphatic rings. The van der Waals surface area contributed by atoms with Gasteiger partial charge in [-0.3, -0.25) is 0 Å². The Bertz CT molecular complexity index is 287. The highest BCUT2D eigenvalue weighted by molar-refractivity contribution is 9.10. The Kier molecular flexibility index (Phi) is 7.17. The van der Waals surface area contributed by atoms with E-state index in [0.717, 1.165) is 16.0 Å². The van der Waals surface area contributed by atoms with E-state index in [2.05, 4.69) is 15.9 Å². The Morgan fingerprint density at radius 3 is 2.07 bits per heavy atom. The summed E-state index contributed by atoms with van der Waals surface area (Å²) in [5.41, 5.74) is 5.11. The number of methoxy groups -OCH3 is 2. The first kappa shape index (κ1) is 14.3. The van der Waals surface area contributed by atoms with Crippen LogP contribution in [0.25, 0.3) is 0 Å². The van der Waals surface area contributed by atoms with Gasteiger partial charge in [0.25, 0.3) is 0 Å². The molecule has 0 bridgehead atoms. The fourth-order valence-corrected chi connectivity index (χ4v) is 1.29. The fourth-order valence-electron chi connectivity index (χ4n) is 0.774. The summed E-state index contributed by atoms with van der Waals surface area (Å²) < 4.78 is 11.0. The lowest BCUT2D eigenvalue weighted by Gasteiger charge is -2.04. The monoisotopic (exact) mass is 275 g/mol. The highest BCUT2D eigenvalue weighted by Gasteiger charge is 1.99. The van der Waals surface area contributed by atoms with E-state index in [1.54, 1.807) is 14.2 Å². The quantitative estimate of drug-likeness (QED) is 0.903. The average Bonchev–Trinajstić information content (AvgIpc) is 2.16. The smallest absolute Gasteiger partial charge is 0.133 e. The number of rotatable bonds is 2. The Morgan fingerprint density at radius 2 is 1.73 bits per heavy atom. The molecule has 1 aromatic rings. The minimum Gasteiger partial charge on any atom is -0.497 e. The van der Waals surface area contributed by atoms with Gasteiger partial charge in [-0.05, 0) is 40.2 Å². The molecule has 1 aromatic carbocycles. The van der Waals surface area contributed by atoms with Crippen LogP contribution in [0.3, 0.4) is 0 Å². The van der Waals surface area contributed by atoms with Gasteiger partial charge in [-0.15, -0.1) is 0 Å². The molecular formula is C11H18BrNO2. The number of ether oxygens (including phenoxy) is 2. The fraction of sp³-hybridized carbons (Fsp3) is 0.455. The summed E-state index contributed by atoms with van der Waals surface area (Å²) >= 11 is 3.34. The van der Waals surface area contributed by atoms with Gasteiger partial charge in [-0.25, -0.2) is 0 Å². The molecule has 0 heterocycles. The lowest BCUT2D eigenvalue weighted by atomic mass is 10.3. The van der Waals surface area contributed by atoms with E-state index in [9.17, 15) is 0 Å². The van der Waals surface area contributed by atoms with Crippen molar-refractivity contribution in [2.24, 2.45) is 5.73 Å². The van der Waals surface area contributed by atoms with E-state index in [0.29, 0.717) is 6.04 Å². The highest BCUT2D eigenvalue weighted by atomic mass is 79.9. The minimum absolute atomic E-state index is 0.333. The molecule has 0 aromatic heterocycles. The average molecular weight is 276 g/mol. The molecule has 0 amide bonds. The van der Waals surface area contributed by atoms with Crippen molar-refractivity contribution in [1.82, 2.24) is 0 Å². The topological polar surface area (TPSA) is 44.5 Å². The van der Waals surface area contributed by atoms with E-state index in [-0.39, 0.29) is 0 Å². The maximum atomic E-state index is 5.11. The second-order valence-corrected chi connectivity index (χ2v) is 4.10. The zero-order valence-corrected chi connectivity index (χ0v) is 11.2. The van der Waals surface area contributed by atoms with Crippen molar-refractivity contribution in [3.8, 4) is 11.5 Å². The van der Waals surface area contributed by atoms with Crippen LogP contribution in [0.2, 0.25) is 0 Å². The summed E-state index contributed by atoms with van der Waals surface area (Å²) in [6.07, 6.45) is 0. The molecule has 1 rings (SSSR count). The molecule has 0 unspecified atom stereocenters. The molecular weight excluding hydrogens is 258 g/mol. The molecule has 3 nitrogen and oxygen atoms in total. The second kappa shape index (κ2) is 7.54. The molecule has 0 atom stereocenters. The zero-order chi connectivity index (χ0) is 11.8. The van der Waals surface area contributed by atoms with Crippen molar-refractivity contribution < 1.29 is 9.47 Å². The van der Waals surface area contributed by atoms with Gasteiger partial charge in [0, 0.05) is 0 Å². The number of nitrogens with two attached hydrogens (primary N) is 1. The predicted molar refractivity (Wildman–Crippen MR) is 66.6 cm³/mol. The molecule has 2 N–H and O–H groups in total. The molecule has 0 radical (unpaired) electrons. The number of halogens is 1. The maximum Gasteiger partial charge on any atom is 0.133 e. The van der Waals surface area contributed by atoms with Crippen molar-refractivity contribution in [1.29, 1.82) is 0 Å². The first-order chi connectivity index (χ1) is 7.01. The van der Waals surface area contributed by atoms with Crippen LogP contribution in [0.15, 0.2) is 22.7 Å². The van der Waals surface area contributed by atoms with Gasteiger partial charge in [0.1, 0.15) is 11.5 Å². The summed E-state index contributed by atoms with van der Waals surface area (Å²) in [6, 6.07) is 5.89. The largest absolute Gasteiger partial charge is 0.497 e. The summed E-state index contributed by atoms with van der Waals surface area (Å²) in [6.45, 7) is 3.89. The van der Waals surface area contributed by atoms with Crippen LogP contribution >= 0.6 is 15.9 Å².